The standard InChI is InChI=1S/C12H15NO7S/c1-12(17,11(15)16)7-13-21(18,19)9-6-4-3-5-8(9)10(14)20-2/h3-6,13,17H,7H2,1-2H3,(H,15,16). The average Bonchev–Trinajstić information content (AvgIpc) is 2.44. The number of aliphatic carboxylic acids is 1. The molecular weight excluding hydrogens is 302 g/mol. The topological polar surface area (TPSA) is 130 Å². The number of carbonyl (C=O) groups is 2. The summed E-state index contributed by atoms with van der Waals surface area (Å²) in [5, 5.41) is 18.2. The minimum Gasteiger partial charge on any atom is -0.479 e. The van der Waals surface area contributed by atoms with Crippen LogP contribution in [0, 0.1) is 0 Å². The molecule has 1 aromatic carbocycles. The van der Waals surface area contributed by atoms with Crippen LogP contribution < -0.4 is 4.72 Å². The van der Waals surface area contributed by atoms with Crippen molar-refractivity contribution in [1.82, 2.24) is 4.72 Å². The number of ether oxygens (including phenoxy) is 1. The van der Waals surface area contributed by atoms with Gasteiger partial charge in [-0.3, -0.25) is 0 Å². The Hall–Kier alpha value is -1.97. The molecule has 0 saturated heterocycles. The molecule has 0 aliphatic rings. The first-order valence-corrected chi connectivity index (χ1v) is 7.23. The lowest BCUT2D eigenvalue weighted by Crippen LogP contribution is -2.46. The monoisotopic (exact) mass is 317 g/mol. The normalized spacial score (nSPS) is 14.2. The van der Waals surface area contributed by atoms with Gasteiger partial charge in [0.25, 0.3) is 0 Å². The predicted molar refractivity (Wildman–Crippen MR) is 71.2 cm³/mol. The van der Waals surface area contributed by atoms with Gasteiger partial charge in [0.05, 0.1) is 24.1 Å². The second-order valence-corrected chi connectivity index (χ2v) is 6.13. The number of nitrogens with one attached hydrogen (secondary N) is 1. The Bertz CT molecular complexity index is 651. The molecule has 0 fully saturated rings. The van der Waals surface area contributed by atoms with Gasteiger partial charge in [-0.15, -0.1) is 0 Å². The molecule has 1 rings (SSSR count). The van der Waals surface area contributed by atoms with E-state index in [1.165, 1.54) is 24.3 Å². The molecule has 8 nitrogen and oxygen atoms in total. The zero-order chi connectivity index (χ0) is 16.3. The molecule has 1 aromatic rings. The van der Waals surface area contributed by atoms with Gasteiger partial charge in [-0.1, -0.05) is 12.1 Å². The maximum absolute atomic E-state index is 12.1. The quantitative estimate of drug-likeness (QED) is 0.608. The summed E-state index contributed by atoms with van der Waals surface area (Å²) in [7, 11) is -3.08. The van der Waals surface area contributed by atoms with Gasteiger partial charge in [0.2, 0.25) is 10.0 Å². The van der Waals surface area contributed by atoms with Crippen molar-refractivity contribution in [2.75, 3.05) is 13.7 Å². The van der Waals surface area contributed by atoms with Crippen LogP contribution in [0.4, 0.5) is 0 Å². The lowest BCUT2D eigenvalue weighted by Gasteiger charge is -2.18. The van der Waals surface area contributed by atoms with Gasteiger partial charge in [-0.05, 0) is 19.1 Å². The van der Waals surface area contributed by atoms with Crippen LogP contribution in [-0.4, -0.2) is 49.8 Å². The number of methoxy groups -OCH3 is 1. The summed E-state index contributed by atoms with van der Waals surface area (Å²) in [6.45, 7) is 0.199. The molecule has 116 valence electrons. The van der Waals surface area contributed by atoms with E-state index < -0.39 is 34.1 Å². The highest BCUT2D eigenvalue weighted by Gasteiger charge is 2.32. The summed E-state index contributed by atoms with van der Waals surface area (Å²) in [6.07, 6.45) is 0. The van der Waals surface area contributed by atoms with Crippen molar-refractivity contribution in [2.24, 2.45) is 0 Å². The van der Waals surface area contributed by atoms with E-state index in [0.717, 1.165) is 14.0 Å². The number of benzene rings is 1. The van der Waals surface area contributed by atoms with Crippen molar-refractivity contribution in [1.29, 1.82) is 0 Å². The van der Waals surface area contributed by atoms with Crippen molar-refractivity contribution >= 4 is 22.0 Å². The van der Waals surface area contributed by atoms with Gasteiger partial charge in [0.1, 0.15) is 0 Å². The van der Waals surface area contributed by atoms with Crippen molar-refractivity contribution in [3.63, 3.8) is 0 Å². The molecule has 0 aliphatic heterocycles. The fourth-order valence-corrected chi connectivity index (χ4v) is 2.69. The molecular formula is C12H15NO7S. The lowest BCUT2D eigenvalue weighted by molar-refractivity contribution is -0.155. The summed E-state index contributed by atoms with van der Waals surface area (Å²) in [5.41, 5.74) is -2.46. The van der Waals surface area contributed by atoms with E-state index in [1.54, 1.807) is 0 Å². The van der Waals surface area contributed by atoms with Crippen LogP contribution in [0.5, 0.6) is 0 Å². The van der Waals surface area contributed by atoms with Crippen LogP contribution in [0.25, 0.3) is 0 Å². The van der Waals surface area contributed by atoms with E-state index in [2.05, 4.69) is 4.74 Å². The molecule has 0 spiro atoms. The molecule has 21 heavy (non-hydrogen) atoms. The third kappa shape index (κ3) is 4.00. The van der Waals surface area contributed by atoms with Gasteiger partial charge in [0, 0.05) is 0 Å². The lowest BCUT2D eigenvalue weighted by atomic mass is 10.1. The first-order valence-electron chi connectivity index (χ1n) is 5.74. The SMILES string of the molecule is COC(=O)c1ccccc1S(=O)(=O)NCC(C)(O)C(=O)O. The van der Waals surface area contributed by atoms with Crippen molar-refractivity contribution in [3.05, 3.63) is 29.8 Å². The Kier molecular flexibility index (Phi) is 5.05. The number of carboxylic acids is 1. The maximum atomic E-state index is 12.1. The molecule has 0 bridgehead atoms. The molecule has 1 atom stereocenters. The number of esters is 1. The van der Waals surface area contributed by atoms with Crippen LogP contribution in [0.15, 0.2) is 29.2 Å². The summed E-state index contributed by atoms with van der Waals surface area (Å²) in [6, 6.07) is 5.29. The summed E-state index contributed by atoms with van der Waals surface area (Å²) < 4.78 is 30.7. The van der Waals surface area contributed by atoms with E-state index in [9.17, 15) is 23.1 Å². The summed E-state index contributed by atoms with van der Waals surface area (Å²) >= 11 is 0. The third-order valence-corrected chi connectivity index (χ3v) is 4.11. The molecule has 0 heterocycles. The van der Waals surface area contributed by atoms with Gasteiger partial charge < -0.3 is 14.9 Å². The summed E-state index contributed by atoms with van der Waals surface area (Å²) in [5.74, 6) is -2.42. The first kappa shape index (κ1) is 17.1. The first-order chi connectivity index (χ1) is 9.62. The Morgan fingerprint density at radius 3 is 2.43 bits per heavy atom. The highest BCUT2D eigenvalue weighted by molar-refractivity contribution is 7.89. The number of hydrogen-bond acceptors (Lipinski definition) is 6. The van der Waals surface area contributed by atoms with E-state index in [4.69, 9.17) is 5.11 Å². The molecule has 1 unspecified atom stereocenters. The van der Waals surface area contributed by atoms with Gasteiger partial charge >= 0.3 is 11.9 Å². The highest BCUT2D eigenvalue weighted by Crippen LogP contribution is 2.16. The average molecular weight is 317 g/mol. The Morgan fingerprint density at radius 1 is 1.33 bits per heavy atom. The van der Waals surface area contributed by atoms with Gasteiger partial charge in [-0.2, -0.15) is 0 Å². The van der Waals surface area contributed by atoms with Crippen LogP contribution in [-0.2, 0) is 19.6 Å². The Morgan fingerprint density at radius 2 is 1.90 bits per heavy atom. The van der Waals surface area contributed by atoms with E-state index in [1.807, 2.05) is 4.72 Å². The largest absolute Gasteiger partial charge is 0.479 e. The van der Waals surface area contributed by atoms with E-state index in [0.29, 0.717) is 0 Å². The number of hydrogen-bond donors (Lipinski definition) is 3. The van der Waals surface area contributed by atoms with Crippen LogP contribution in [0.2, 0.25) is 0 Å². The number of carboxylic acid groups (broad SMARTS) is 1. The highest BCUT2D eigenvalue weighted by atomic mass is 32.2. The zero-order valence-corrected chi connectivity index (χ0v) is 12.2. The maximum Gasteiger partial charge on any atom is 0.339 e. The fourth-order valence-electron chi connectivity index (χ4n) is 1.37. The number of carbonyl (C=O) groups excluding carboxylic acids is 1. The molecule has 0 aromatic heterocycles. The minimum atomic E-state index is -4.19. The Labute approximate surface area is 121 Å². The van der Waals surface area contributed by atoms with Crippen LogP contribution in [0.3, 0.4) is 0 Å². The van der Waals surface area contributed by atoms with Gasteiger partial charge in [-0.25, -0.2) is 22.7 Å². The van der Waals surface area contributed by atoms with E-state index in [-0.39, 0.29) is 10.5 Å². The van der Waals surface area contributed by atoms with Crippen molar-refractivity contribution in [3.8, 4) is 0 Å². The fraction of sp³-hybridized carbons (Fsp3) is 0.333. The van der Waals surface area contributed by atoms with Crippen LogP contribution >= 0.6 is 0 Å². The molecule has 9 heteroatoms. The molecule has 3 N–H and O–H groups in total. The van der Waals surface area contributed by atoms with Crippen molar-refractivity contribution in [2.45, 2.75) is 17.4 Å². The molecule has 0 aliphatic carbocycles. The molecule has 0 radical (unpaired) electrons. The van der Waals surface area contributed by atoms with E-state index >= 15 is 0 Å². The zero-order valence-electron chi connectivity index (χ0n) is 11.4. The number of rotatable bonds is 6. The summed E-state index contributed by atoms with van der Waals surface area (Å²) in [4.78, 5) is 21.9. The molecule has 0 amide bonds. The Balaban J connectivity index is 3.10. The minimum absolute atomic E-state index is 0.192. The second kappa shape index (κ2) is 6.20. The van der Waals surface area contributed by atoms with Crippen LogP contribution in [0.1, 0.15) is 17.3 Å². The third-order valence-electron chi connectivity index (χ3n) is 2.65. The van der Waals surface area contributed by atoms with Crippen molar-refractivity contribution < 1.29 is 33.0 Å². The van der Waals surface area contributed by atoms with Gasteiger partial charge in [0.15, 0.2) is 5.60 Å². The predicted octanol–water partition coefficient (Wildman–Crippen LogP) is -0.413. The smallest absolute Gasteiger partial charge is 0.339 e. The number of aliphatic hydroxyl groups is 1. The second-order valence-electron chi connectivity index (χ2n) is 4.39. The number of sulfonamides is 1. The molecule has 0 saturated carbocycles.